The number of aromatic nitrogens is 4. The van der Waals surface area contributed by atoms with E-state index in [4.69, 9.17) is 14.5 Å². The van der Waals surface area contributed by atoms with Crippen LogP contribution in [0.25, 0.3) is 5.82 Å². The van der Waals surface area contributed by atoms with Crippen LogP contribution in [0.15, 0.2) is 47.6 Å². The number of carbonyl (C=O) groups is 1. The maximum atomic E-state index is 13.6. The van der Waals surface area contributed by atoms with Crippen LogP contribution >= 0.6 is 0 Å². The number of nitrogens with zero attached hydrogens (tertiary/aromatic N) is 5. The number of anilines is 1. The Balaban J connectivity index is 1.29. The molecule has 4 aliphatic rings. The summed E-state index contributed by atoms with van der Waals surface area (Å²) in [6, 6.07) is 7.35. The highest BCUT2D eigenvalue weighted by Crippen LogP contribution is 2.59. The lowest BCUT2D eigenvalue weighted by Gasteiger charge is -2.34. The molecular formula is C30H35F3N6O5S. The van der Waals surface area contributed by atoms with Gasteiger partial charge in [-0.15, -0.1) is 5.10 Å². The minimum absolute atomic E-state index is 0.0683. The number of pyridine rings is 2. The zero-order valence-electron chi connectivity index (χ0n) is 25.0. The number of rotatable bonds is 5. The third-order valence-electron chi connectivity index (χ3n) is 8.91. The van der Waals surface area contributed by atoms with Gasteiger partial charge in [-0.1, -0.05) is 0 Å². The first-order valence-corrected chi connectivity index (χ1v) is 16.5. The Bertz CT molecular complexity index is 1670. The van der Waals surface area contributed by atoms with Crippen LogP contribution in [-0.2, 0) is 10.0 Å². The van der Waals surface area contributed by atoms with Crippen LogP contribution in [-0.4, -0.2) is 65.5 Å². The smallest absolute Gasteiger partial charge is 0.394 e. The fourth-order valence-corrected chi connectivity index (χ4v) is 7.06. The number of carbonyl (C=O) groups excluding carboxylic acids is 1. The molecule has 7 rings (SSSR count). The van der Waals surface area contributed by atoms with E-state index in [2.05, 4.69) is 28.7 Å². The van der Waals surface area contributed by atoms with E-state index in [1.165, 1.54) is 35.0 Å². The minimum Gasteiger partial charge on any atom is -0.478 e. The number of hydrogen-bond donors (Lipinski definition) is 1. The maximum Gasteiger partial charge on any atom is 0.394 e. The third kappa shape index (κ3) is 6.44. The Labute approximate surface area is 259 Å². The first-order chi connectivity index (χ1) is 21.3. The molecular weight excluding hydrogens is 613 g/mol. The summed E-state index contributed by atoms with van der Waals surface area (Å²) in [6.45, 7) is 5.03. The lowest BCUT2D eigenvalue weighted by atomic mass is 9.93. The van der Waals surface area contributed by atoms with Crippen molar-refractivity contribution in [2.24, 2.45) is 11.3 Å². The number of alkyl halides is 3. The van der Waals surface area contributed by atoms with E-state index in [1.807, 2.05) is 4.90 Å². The molecule has 3 aromatic heterocycles. The van der Waals surface area contributed by atoms with Crippen LogP contribution in [0.1, 0.15) is 69.2 Å². The summed E-state index contributed by atoms with van der Waals surface area (Å²) in [4.78, 5) is 24.3. The average molecular weight is 649 g/mol. The molecule has 242 valence electrons. The quantitative estimate of drug-likeness (QED) is 0.404. The van der Waals surface area contributed by atoms with Crippen molar-refractivity contribution in [2.75, 3.05) is 24.7 Å². The highest BCUT2D eigenvalue weighted by atomic mass is 32.2. The molecule has 1 amide bonds. The number of halogens is 3. The van der Waals surface area contributed by atoms with Crippen molar-refractivity contribution in [1.29, 1.82) is 0 Å². The molecule has 1 N–H and O–H groups in total. The fraction of sp³-hybridized carbons (Fsp3) is 0.533. The van der Waals surface area contributed by atoms with E-state index >= 15 is 0 Å². The number of nitrogens with one attached hydrogen (secondary N) is 1. The number of ether oxygens (including phenoxy) is 2. The second-order valence-electron chi connectivity index (χ2n) is 12.6. The van der Waals surface area contributed by atoms with E-state index < -0.39 is 33.1 Å². The second kappa shape index (κ2) is 11.5. The molecule has 15 heteroatoms. The molecule has 0 aromatic carbocycles. The average Bonchev–Trinajstić information content (AvgIpc) is 3.53. The molecule has 3 aromatic rings. The zero-order chi connectivity index (χ0) is 32.0. The SMILES string of the molecule is CC1(C)C[C@H]2CCCCOc3ccc(cn3)S(=O)(=O)NC(=O)c3ccc(-n4ccc(OCCC5(C(F)(F)F)CC5)n4)nc3N1C2. The molecule has 1 aliphatic carbocycles. The van der Waals surface area contributed by atoms with Gasteiger partial charge in [0.1, 0.15) is 10.7 Å². The molecule has 0 spiro atoms. The minimum atomic E-state index is -4.26. The Morgan fingerprint density at radius 1 is 1.13 bits per heavy atom. The zero-order valence-corrected chi connectivity index (χ0v) is 25.8. The van der Waals surface area contributed by atoms with E-state index in [0.29, 0.717) is 36.6 Å². The number of sulfonamides is 1. The molecule has 6 heterocycles. The van der Waals surface area contributed by atoms with Gasteiger partial charge in [0, 0.05) is 30.4 Å². The fourth-order valence-electron chi connectivity index (χ4n) is 6.15. The van der Waals surface area contributed by atoms with Gasteiger partial charge < -0.3 is 14.4 Å². The predicted octanol–water partition coefficient (Wildman–Crippen LogP) is 5.06. The third-order valence-corrected chi connectivity index (χ3v) is 10.2. The van der Waals surface area contributed by atoms with Crippen molar-refractivity contribution in [2.45, 2.75) is 75.4 Å². The summed E-state index contributed by atoms with van der Waals surface area (Å²) >= 11 is 0. The molecule has 0 unspecified atom stereocenters. The van der Waals surface area contributed by atoms with Crippen molar-refractivity contribution >= 4 is 21.7 Å². The summed E-state index contributed by atoms with van der Waals surface area (Å²) in [5.41, 5.74) is -2.00. The van der Waals surface area contributed by atoms with E-state index in [1.54, 1.807) is 6.20 Å². The Morgan fingerprint density at radius 3 is 2.64 bits per heavy atom. The Kier molecular flexibility index (Phi) is 7.94. The first-order valence-electron chi connectivity index (χ1n) is 15.0. The van der Waals surface area contributed by atoms with Crippen LogP contribution in [0.2, 0.25) is 0 Å². The number of fused-ring (bicyclic) bond motifs is 8. The van der Waals surface area contributed by atoms with Crippen LogP contribution in [0.3, 0.4) is 0 Å². The maximum absolute atomic E-state index is 13.6. The van der Waals surface area contributed by atoms with Crippen LogP contribution in [0.4, 0.5) is 19.0 Å². The van der Waals surface area contributed by atoms with E-state index in [-0.39, 0.29) is 42.2 Å². The van der Waals surface area contributed by atoms with Gasteiger partial charge >= 0.3 is 6.18 Å². The molecule has 4 bridgehead atoms. The van der Waals surface area contributed by atoms with Gasteiger partial charge in [-0.3, -0.25) is 4.79 Å². The van der Waals surface area contributed by atoms with Gasteiger partial charge in [-0.05, 0) is 82.9 Å². The van der Waals surface area contributed by atoms with Crippen molar-refractivity contribution in [1.82, 2.24) is 24.5 Å². The summed E-state index contributed by atoms with van der Waals surface area (Å²) in [5.74, 6) is 0.528. The molecule has 11 nitrogen and oxygen atoms in total. The van der Waals surface area contributed by atoms with Crippen molar-refractivity contribution < 1.29 is 35.9 Å². The molecule has 45 heavy (non-hydrogen) atoms. The van der Waals surface area contributed by atoms with Gasteiger partial charge in [0.05, 0.1) is 30.4 Å². The van der Waals surface area contributed by atoms with Crippen molar-refractivity contribution in [3.63, 3.8) is 0 Å². The number of amides is 1. The first kappa shape index (κ1) is 31.1. The van der Waals surface area contributed by atoms with E-state index in [0.717, 1.165) is 31.9 Å². The van der Waals surface area contributed by atoms with E-state index in [9.17, 15) is 26.4 Å². The molecule has 1 saturated heterocycles. The predicted molar refractivity (Wildman–Crippen MR) is 157 cm³/mol. The summed E-state index contributed by atoms with van der Waals surface area (Å²) < 4.78 is 80.9. The van der Waals surface area contributed by atoms with Gasteiger partial charge in [-0.25, -0.2) is 27.8 Å². The van der Waals surface area contributed by atoms with Crippen LogP contribution < -0.4 is 19.1 Å². The highest BCUT2D eigenvalue weighted by molar-refractivity contribution is 7.90. The van der Waals surface area contributed by atoms with Gasteiger partial charge in [0.15, 0.2) is 5.82 Å². The van der Waals surface area contributed by atoms with Gasteiger partial charge in [0.25, 0.3) is 15.9 Å². The Morgan fingerprint density at radius 2 is 1.93 bits per heavy atom. The van der Waals surface area contributed by atoms with Crippen molar-refractivity contribution in [3.05, 3.63) is 48.3 Å². The molecule has 3 aliphatic heterocycles. The van der Waals surface area contributed by atoms with Gasteiger partial charge in [-0.2, -0.15) is 13.2 Å². The molecule has 1 atom stereocenters. The largest absolute Gasteiger partial charge is 0.478 e. The lowest BCUT2D eigenvalue weighted by Crippen LogP contribution is -2.41. The number of hydrogen-bond acceptors (Lipinski definition) is 9. The topological polar surface area (TPSA) is 129 Å². The van der Waals surface area contributed by atoms with Gasteiger partial charge in [0.2, 0.25) is 11.8 Å². The van der Waals surface area contributed by atoms with Crippen molar-refractivity contribution in [3.8, 4) is 17.6 Å². The highest BCUT2D eigenvalue weighted by Gasteiger charge is 2.62. The van der Waals surface area contributed by atoms with Crippen LogP contribution in [0, 0.1) is 11.3 Å². The standard InChI is InChI=1S/C30H35F3N6O5S/c1-28(2)17-20-5-3-4-15-43-24-9-6-21(18-34-24)45(41,42)37-27(40)22-7-8-23(35-26(22)38(28)19-20)39-14-10-25(36-39)44-16-13-29(11-12-29)30(31,32)33/h6-10,14,18,20H,3-5,11-13,15-17,19H2,1-2H3,(H,37,40)/t20-/m1/s1. The lowest BCUT2D eigenvalue weighted by molar-refractivity contribution is -0.190. The molecule has 1 saturated carbocycles. The second-order valence-corrected chi connectivity index (χ2v) is 14.3. The summed E-state index contributed by atoms with van der Waals surface area (Å²) in [6.07, 6.45) is 2.02. The van der Waals surface area contributed by atoms with Crippen LogP contribution in [0.5, 0.6) is 11.8 Å². The molecule has 2 fully saturated rings. The monoisotopic (exact) mass is 648 g/mol. The summed E-state index contributed by atoms with van der Waals surface area (Å²) in [7, 11) is -4.26. The Hall–Kier alpha value is -3.88. The summed E-state index contributed by atoms with van der Waals surface area (Å²) in [5, 5.41) is 4.35. The normalized spacial score (nSPS) is 22.2. The molecule has 0 radical (unpaired) electrons.